The Hall–Kier alpha value is -1.08. The number of allylic oxidation sites excluding steroid dienone is 11. The molecule has 0 saturated heterocycles. The molecule has 0 aromatic rings. The molecule has 0 N–H and O–H groups in total. The van der Waals surface area contributed by atoms with Crippen LogP contribution in [0.5, 0.6) is 0 Å². The fourth-order valence-corrected chi connectivity index (χ4v) is 2.24. The van der Waals surface area contributed by atoms with Crippen LogP contribution >= 0.6 is 15.9 Å². The summed E-state index contributed by atoms with van der Waals surface area (Å²) >= 11 is 3.51. The Morgan fingerprint density at radius 2 is 2.11 bits per heavy atom. The van der Waals surface area contributed by atoms with Gasteiger partial charge in [0.1, 0.15) is 0 Å². The second kappa shape index (κ2) is 8.16. The van der Waals surface area contributed by atoms with E-state index >= 15 is 0 Å². The highest BCUT2D eigenvalue weighted by molar-refractivity contribution is 9.11. The van der Waals surface area contributed by atoms with Crippen LogP contribution in [0.1, 0.15) is 40.0 Å². The zero-order chi connectivity index (χ0) is 14.3. The molecule has 0 nitrogen and oxygen atoms in total. The van der Waals surface area contributed by atoms with Crippen molar-refractivity contribution in [2.45, 2.75) is 40.0 Å². The largest absolute Gasteiger partial charge is 0.0979 e. The van der Waals surface area contributed by atoms with Crippen LogP contribution in [0.15, 0.2) is 69.8 Å². The van der Waals surface area contributed by atoms with Gasteiger partial charge in [0, 0.05) is 4.48 Å². The molecule has 0 unspecified atom stereocenters. The third-order valence-electron chi connectivity index (χ3n) is 3.06. The highest BCUT2D eigenvalue weighted by Crippen LogP contribution is 2.26. The van der Waals surface area contributed by atoms with Crippen LogP contribution in [0.25, 0.3) is 0 Å². The van der Waals surface area contributed by atoms with Crippen molar-refractivity contribution in [3.8, 4) is 0 Å². The molecule has 0 aromatic carbocycles. The lowest BCUT2D eigenvalue weighted by molar-refractivity contribution is 0.916. The molecule has 0 atom stereocenters. The summed E-state index contributed by atoms with van der Waals surface area (Å²) in [5.41, 5.74) is 5.38. The summed E-state index contributed by atoms with van der Waals surface area (Å²) in [6.45, 7) is 10.3. The van der Waals surface area contributed by atoms with Crippen molar-refractivity contribution in [3.05, 3.63) is 69.8 Å². The Morgan fingerprint density at radius 1 is 1.37 bits per heavy atom. The van der Waals surface area contributed by atoms with Crippen LogP contribution in [-0.2, 0) is 0 Å². The van der Waals surface area contributed by atoms with Crippen LogP contribution in [0.3, 0.4) is 0 Å². The van der Waals surface area contributed by atoms with Crippen molar-refractivity contribution in [1.82, 2.24) is 0 Å². The number of rotatable bonds is 6. The van der Waals surface area contributed by atoms with Crippen molar-refractivity contribution in [3.63, 3.8) is 0 Å². The van der Waals surface area contributed by atoms with E-state index in [0.29, 0.717) is 0 Å². The van der Waals surface area contributed by atoms with Crippen molar-refractivity contribution < 1.29 is 0 Å². The smallest absolute Gasteiger partial charge is 0.0175 e. The van der Waals surface area contributed by atoms with Crippen LogP contribution < -0.4 is 0 Å². The number of halogens is 1. The highest BCUT2D eigenvalue weighted by atomic mass is 79.9. The highest BCUT2D eigenvalue weighted by Gasteiger charge is 2.06. The zero-order valence-electron chi connectivity index (χ0n) is 12.2. The summed E-state index contributed by atoms with van der Waals surface area (Å²) in [4.78, 5) is 0. The van der Waals surface area contributed by atoms with Gasteiger partial charge in [0.2, 0.25) is 0 Å². The second-order valence-corrected chi connectivity index (χ2v) is 5.82. The van der Waals surface area contributed by atoms with Crippen molar-refractivity contribution >= 4 is 15.9 Å². The van der Waals surface area contributed by atoms with Gasteiger partial charge >= 0.3 is 0 Å². The average molecular weight is 319 g/mol. The maximum absolute atomic E-state index is 3.78. The van der Waals surface area contributed by atoms with Gasteiger partial charge in [-0.2, -0.15) is 0 Å². The third kappa shape index (κ3) is 5.20. The van der Waals surface area contributed by atoms with Crippen LogP contribution in [-0.4, -0.2) is 0 Å². The van der Waals surface area contributed by atoms with Crippen molar-refractivity contribution in [2.75, 3.05) is 0 Å². The van der Waals surface area contributed by atoms with E-state index < -0.39 is 0 Å². The second-order valence-electron chi connectivity index (χ2n) is 4.91. The molecule has 0 fully saturated rings. The molecule has 102 valence electrons. The first-order valence-electron chi connectivity index (χ1n) is 6.83. The summed E-state index contributed by atoms with van der Waals surface area (Å²) in [6, 6.07) is 0. The van der Waals surface area contributed by atoms with Crippen molar-refractivity contribution in [1.29, 1.82) is 0 Å². The minimum Gasteiger partial charge on any atom is -0.0979 e. The average Bonchev–Trinajstić information content (AvgIpc) is 2.90. The van der Waals surface area contributed by atoms with Gasteiger partial charge < -0.3 is 0 Å². The van der Waals surface area contributed by atoms with E-state index in [2.05, 4.69) is 73.7 Å². The molecule has 19 heavy (non-hydrogen) atoms. The Kier molecular flexibility index (Phi) is 6.86. The SMILES string of the molecule is C=C/C(Br)=C\C(/C=C(\CCC)C1=CCC=C1)=C(C)C. The first-order valence-corrected chi connectivity index (χ1v) is 7.62. The Bertz CT molecular complexity index is 478. The number of hydrogen-bond donors (Lipinski definition) is 0. The predicted octanol–water partition coefficient (Wildman–Crippen LogP) is 6.40. The summed E-state index contributed by atoms with van der Waals surface area (Å²) < 4.78 is 1.02. The lowest BCUT2D eigenvalue weighted by Crippen LogP contribution is -1.89. The third-order valence-corrected chi connectivity index (χ3v) is 3.61. The van der Waals surface area contributed by atoms with Crippen LogP contribution in [0.4, 0.5) is 0 Å². The van der Waals surface area contributed by atoms with Gasteiger partial charge in [0.05, 0.1) is 0 Å². The summed E-state index contributed by atoms with van der Waals surface area (Å²) in [5, 5.41) is 0. The maximum Gasteiger partial charge on any atom is 0.0175 e. The Morgan fingerprint density at radius 3 is 2.58 bits per heavy atom. The van der Waals surface area contributed by atoms with Crippen LogP contribution in [0.2, 0.25) is 0 Å². The molecular formula is C18H23Br. The minimum absolute atomic E-state index is 1.02. The number of hydrogen-bond acceptors (Lipinski definition) is 0. The van der Waals surface area contributed by atoms with Gasteiger partial charge in [0.15, 0.2) is 0 Å². The standard InChI is InChI=1S/C18H23Br/c1-5-9-16(15-10-7-8-11-15)12-17(14(3)4)13-18(19)6-2/h6-7,10-13H,2,5,8-9H2,1,3-4H3/b16-12+,18-13+. The summed E-state index contributed by atoms with van der Waals surface area (Å²) in [6.07, 6.45) is 16.4. The molecule has 1 aliphatic rings. The zero-order valence-corrected chi connectivity index (χ0v) is 13.8. The monoisotopic (exact) mass is 318 g/mol. The predicted molar refractivity (Wildman–Crippen MR) is 90.4 cm³/mol. The Balaban J connectivity index is 3.14. The van der Waals surface area contributed by atoms with Crippen LogP contribution in [0, 0.1) is 0 Å². The molecule has 0 saturated carbocycles. The molecule has 1 heteroatoms. The summed E-state index contributed by atoms with van der Waals surface area (Å²) in [7, 11) is 0. The molecule has 0 bridgehead atoms. The molecule has 0 radical (unpaired) electrons. The van der Waals surface area contributed by atoms with Gasteiger partial charge in [-0.05, 0) is 49.5 Å². The van der Waals surface area contributed by atoms with Gasteiger partial charge in [-0.1, -0.05) is 71.8 Å². The van der Waals surface area contributed by atoms with E-state index in [1.807, 2.05) is 6.08 Å². The molecule has 0 heterocycles. The Labute approximate surface area is 126 Å². The first kappa shape index (κ1) is 16.0. The first-order chi connectivity index (χ1) is 9.08. The molecular weight excluding hydrogens is 296 g/mol. The molecule has 0 spiro atoms. The maximum atomic E-state index is 3.78. The quantitative estimate of drug-likeness (QED) is 0.497. The molecule has 1 aliphatic carbocycles. The lowest BCUT2D eigenvalue weighted by atomic mass is 9.97. The summed E-state index contributed by atoms with van der Waals surface area (Å²) in [5.74, 6) is 0. The topological polar surface area (TPSA) is 0 Å². The molecule has 0 aromatic heterocycles. The van der Waals surface area contributed by atoms with E-state index in [9.17, 15) is 0 Å². The molecule has 1 rings (SSSR count). The van der Waals surface area contributed by atoms with E-state index in [0.717, 1.165) is 17.3 Å². The fraction of sp³-hybridized carbons (Fsp3) is 0.333. The van der Waals surface area contributed by atoms with Gasteiger partial charge in [0.25, 0.3) is 0 Å². The van der Waals surface area contributed by atoms with Gasteiger partial charge in [-0.25, -0.2) is 0 Å². The molecule has 0 aliphatic heterocycles. The van der Waals surface area contributed by atoms with E-state index in [4.69, 9.17) is 0 Å². The van der Waals surface area contributed by atoms with E-state index in [1.165, 1.54) is 28.7 Å². The minimum atomic E-state index is 1.02. The fourth-order valence-electron chi connectivity index (χ4n) is 1.99. The van der Waals surface area contributed by atoms with E-state index in [-0.39, 0.29) is 0 Å². The van der Waals surface area contributed by atoms with Gasteiger partial charge in [-0.3, -0.25) is 0 Å². The molecule has 0 amide bonds. The van der Waals surface area contributed by atoms with Crippen molar-refractivity contribution in [2.24, 2.45) is 0 Å². The van der Waals surface area contributed by atoms with Gasteiger partial charge in [-0.15, -0.1) is 0 Å². The normalized spacial score (nSPS) is 15.5. The lowest BCUT2D eigenvalue weighted by Gasteiger charge is -2.08. The van der Waals surface area contributed by atoms with E-state index in [1.54, 1.807) is 0 Å².